The zero-order chi connectivity index (χ0) is 22.6. The number of hydrogen-bond donors (Lipinski definition) is 2. The van der Waals surface area contributed by atoms with Gasteiger partial charge in [0, 0.05) is 44.0 Å². The first-order valence-electron chi connectivity index (χ1n) is 12.3. The molecule has 1 atom stereocenters. The molecule has 178 valence electrons. The molecule has 1 aromatic heterocycles. The average Bonchev–Trinajstić information content (AvgIpc) is 3.31. The number of benzene rings is 1. The number of aromatic nitrogens is 3. The summed E-state index contributed by atoms with van der Waals surface area (Å²) in [5.74, 6) is 2.12. The summed E-state index contributed by atoms with van der Waals surface area (Å²) in [6, 6.07) is 5.33. The molecule has 2 aromatic rings. The lowest BCUT2D eigenvalue weighted by Crippen LogP contribution is -2.50. The fraction of sp³-hybridized carbons (Fsp3) is 0.625. The Kier molecular flexibility index (Phi) is 6.75. The number of methoxy groups -OCH3 is 1. The third-order valence-corrected chi connectivity index (χ3v) is 7.18. The summed E-state index contributed by atoms with van der Waals surface area (Å²) in [5.41, 5.74) is 0.573. The van der Waals surface area contributed by atoms with E-state index in [-0.39, 0.29) is 5.75 Å². The number of nitrogens with one attached hydrogen (secondary N) is 2. The fourth-order valence-corrected chi connectivity index (χ4v) is 5.31. The van der Waals surface area contributed by atoms with Crippen molar-refractivity contribution in [2.24, 2.45) is 5.92 Å². The van der Waals surface area contributed by atoms with Crippen molar-refractivity contribution in [2.75, 3.05) is 55.4 Å². The first-order chi connectivity index (χ1) is 16.2. The van der Waals surface area contributed by atoms with Gasteiger partial charge in [-0.1, -0.05) is 19.3 Å². The van der Waals surface area contributed by atoms with Gasteiger partial charge in [-0.05, 0) is 50.3 Å². The van der Waals surface area contributed by atoms with Gasteiger partial charge in [-0.3, -0.25) is 4.90 Å². The van der Waals surface area contributed by atoms with E-state index in [1.165, 1.54) is 64.7 Å². The smallest absolute Gasteiger partial charge is 0.233 e. The van der Waals surface area contributed by atoms with Gasteiger partial charge in [0.2, 0.25) is 17.8 Å². The first-order valence-corrected chi connectivity index (χ1v) is 12.3. The van der Waals surface area contributed by atoms with E-state index in [1.807, 2.05) is 0 Å². The Morgan fingerprint density at radius 3 is 2.67 bits per heavy atom. The molecular weight excluding hydrogens is 421 g/mol. The molecule has 2 aliphatic heterocycles. The van der Waals surface area contributed by atoms with Crippen LogP contribution in [0.5, 0.6) is 5.75 Å². The van der Waals surface area contributed by atoms with Crippen molar-refractivity contribution in [2.45, 2.75) is 51.0 Å². The normalized spacial score (nSPS) is 21.6. The Morgan fingerprint density at radius 2 is 1.85 bits per heavy atom. The van der Waals surface area contributed by atoms with E-state index in [4.69, 9.17) is 14.7 Å². The molecular formula is C24H34FN7O. The van der Waals surface area contributed by atoms with E-state index in [1.54, 1.807) is 12.1 Å². The first kappa shape index (κ1) is 22.1. The maximum Gasteiger partial charge on any atom is 0.233 e. The lowest BCUT2D eigenvalue weighted by atomic mass is 9.89. The van der Waals surface area contributed by atoms with Crippen LogP contribution in [0.25, 0.3) is 0 Å². The van der Waals surface area contributed by atoms with E-state index in [0.717, 1.165) is 26.2 Å². The predicted molar refractivity (Wildman–Crippen MR) is 128 cm³/mol. The second kappa shape index (κ2) is 10.1. The van der Waals surface area contributed by atoms with Crippen LogP contribution >= 0.6 is 0 Å². The number of piperazine rings is 1. The molecule has 2 saturated heterocycles. The number of ether oxygens (including phenoxy) is 1. The van der Waals surface area contributed by atoms with Crippen LogP contribution in [0.3, 0.4) is 0 Å². The zero-order valence-corrected chi connectivity index (χ0v) is 19.4. The molecule has 3 fully saturated rings. The van der Waals surface area contributed by atoms with Crippen LogP contribution < -0.4 is 20.3 Å². The van der Waals surface area contributed by atoms with Crippen LogP contribution in [-0.4, -0.2) is 65.7 Å². The highest BCUT2D eigenvalue weighted by molar-refractivity contribution is 5.57. The molecule has 1 saturated carbocycles. The van der Waals surface area contributed by atoms with E-state index >= 15 is 0 Å². The summed E-state index contributed by atoms with van der Waals surface area (Å²) in [4.78, 5) is 18.9. The third-order valence-electron chi connectivity index (χ3n) is 7.18. The number of nitrogens with zero attached hydrogens (tertiary/aromatic N) is 5. The summed E-state index contributed by atoms with van der Waals surface area (Å²) in [6.07, 6.45) is 8.94. The average molecular weight is 456 g/mol. The van der Waals surface area contributed by atoms with Gasteiger partial charge < -0.3 is 20.3 Å². The quantitative estimate of drug-likeness (QED) is 0.648. The minimum atomic E-state index is -0.426. The fourth-order valence-electron chi connectivity index (χ4n) is 5.31. The van der Waals surface area contributed by atoms with Crippen LogP contribution in [-0.2, 0) is 0 Å². The van der Waals surface area contributed by atoms with Crippen molar-refractivity contribution in [1.29, 1.82) is 0 Å². The predicted octanol–water partition coefficient (Wildman–Crippen LogP) is 4.04. The molecule has 8 nitrogen and oxygen atoms in total. The molecule has 0 spiro atoms. The number of halogens is 1. The summed E-state index contributed by atoms with van der Waals surface area (Å²) < 4.78 is 19.2. The van der Waals surface area contributed by atoms with Gasteiger partial charge in [-0.15, -0.1) is 0 Å². The summed E-state index contributed by atoms with van der Waals surface area (Å²) >= 11 is 0. The second-order valence-electron chi connectivity index (χ2n) is 9.42. The van der Waals surface area contributed by atoms with Crippen molar-refractivity contribution < 1.29 is 9.13 Å². The molecule has 1 aliphatic carbocycles. The molecule has 0 radical (unpaired) electrons. The second-order valence-corrected chi connectivity index (χ2v) is 9.42. The number of anilines is 4. The monoisotopic (exact) mass is 455 g/mol. The molecule has 0 bridgehead atoms. The maximum atomic E-state index is 14.2. The molecule has 1 unspecified atom stereocenters. The third kappa shape index (κ3) is 5.29. The van der Waals surface area contributed by atoms with E-state index in [9.17, 15) is 4.39 Å². The topological polar surface area (TPSA) is 78.4 Å². The standard InChI is InChI=1S/C24H34FN7O/c1-33-21-10-9-18(14-20(21)25)27-23-28-22(26-15-17-6-3-2-4-7-17)29-24(30-23)32-13-12-31-11-5-8-19(31)16-32/h9-10,14,17,19H,2-8,11-13,15-16H2,1H3,(H2,26,27,28,29,30). The SMILES string of the molecule is COc1ccc(Nc2nc(NCC3CCCCC3)nc(N3CCN4CCCC4C3)n2)cc1F. The summed E-state index contributed by atoms with van der Waals surface area (Å²) in [7, 11) is 1.46. The molecule has 33 heavy (non-hydrogen) atoms. The Hall–Kier alpha value is -2.68. The van der Waals surface area contributed by atoms with E-state index < -0.39 is 5.82 Å². The minimum Gasteiger partial charge on any atom is -0.494 e. The Morgan fingerprint density at radius 1 is 1.00 bits per heavy atom. The van der Waals surface area contributed by atoms with E-state index in [2.05, 4.69) is 25.4 Å². The molecule has 2 N–H and O–H groups in total. The highest BCUT2D eigenvalue weighted by Gasteiger charge is 2.32. The minimum absolute atomic E-state index is 0.209. The highest BCUT2D eigenvalue weighted by Crippen LogP contribution is 2.27. The highest BCUT2D eigenvalue weighted by atomic mass is 19.1. The lowest BCUT2D eigenvalue weighted by Gasteiger charge is -2.37. The van der Waals surface area contributed by atoms with Crippen molar-refractivity contribution in [3.8, 4) is 5.75 Å². The van der Waals surface area contributed by atoms with Gasteiger partial charge in [0.15, 0.2) is 11.6 Å². The van der Waals surface area contributed by atoms with Crippen molar-refractivity contribution >= 4 is 23.5 Å². The molecule has 9 heteroatoms. The van der Waals surface area contributed by atoms with Gasteiger partial charge in [0.1, 0.15) is 0 Å². The van der Waals surface area contributed by atoms with Crippen molar-refractivity contribution in [3.63, 3.8) is 0 Å². The molecule has 5 rings (SSSR count). The van der Waals surface area contributed by atoms with Crippen molar-refractivity contribution in [3.05, 3.63) is 24.0 Å². The molecule has 3 aliphatic rings. The number of hydrogen-bond acceptors (Lipinski definition) is 8. The van der Waals surface area contributed by atoms with Gasteiger partial charge in [0.25, 0.3) is 0 Å². The molecule has 0 amide bonds. The van der Waals surface area contributed by atoms with Gasteiger partial charge in [-0.25, -0.2) is 4.39 Å². The Balaban J connectivity index is 1.36. The van der Waals surface area contributed by atoms with Crippen LogP contribution in [0, 0.1) is 11.7 Å². The Bertz CT molecular complexity index is 952. The largest absolute Gasteiger partial charge is 0.494 e. The van der Waals surface area contributed by atoms with Gasteiger partial charge >= 0.3 is 0 Å². The van der Waals surface area contributed by atoms with Gasteiger partial charge in [-0.2, -0.15) is 15.0 Å². The Labute approximate surface area is 195 Å². The molecule has 1 aromatic carbocycles. The number of rotatable bonds is 7. The van der Waals surface area contributed by atoms with Crippen LogP contribution in [0.1, 0.15) is 44.9 Å². The zero-order valence-electron chi connectivity index (χ0n) is 19.4. The van der Waals surface area contributed by atoms with Crippen LogP contribution in [0.4, 0.5) is 27.9 Å². The van der Waals surface area contributed by atoms with Crippen molar-refractivity contribution in [1.82, 2.24) is 19.9 Å². The van der Waals surface area contributed by atoms with Gasteiger partial charge in [0.05, 0.1) is 7.11 Å². The lowest BCUT2D eigenvalue weighted by molar-refractivity contribution is 0.229. The van der Waals surface area contributed by atoms with Crippen LogP contribution in [0.15, 0.2) is 18.2 Å². The molecule has 3 heterocycles. The number of fused-ring (bicyclic) bond motifs is 1. The van der Waals surface area contributed by atoms with Crippen LogP contribution in [0.2, 0.25) is 0 Å². The van der Waals surface area contributed by atoms with E-state index in [0.29, 0.717) is 35.5 Å². The maximum absolute atomic E-state index is 14.2. The summed E-state index contributed by atoms with van der Waals surface area (Å²) in [6.45, 7) is 4.94. The summed E-state index contributed by atoms with van der Waals surface area (Å²) in [5, 5.41) is 6.63.